The second-order valence-corrected chi connectivity index (χ2v) is 22.0. The molecule has 72 heavy (non-hydrogen) atoms. The van der Waals surface area contributed by atoms with E-state index in [1.165, 1.54) is 4.90 Å². The zero-order valence-corrected chi connectivity index (χ0v) is 44.7. The van der Waals surface area contributed by atoms with Crippen molar-refractivity contribution in [3.05, 3.63) is 47.6 Å². The number of rotatable bonds is 10. The van der Waals surface area contributed by atoms with Crippen molar-refractivity contribution in [2.45, 2.75) is 193 Å². The van der Waals surface area contributed by atoms with Crippen LogP contribution in [-0.4, -0.2) is 145 Å². The van der Waals surface area contributed by atoms with Gasteiger partial charge in [0, 0.05) is 63.9 Å². The first kappa shape index (κ1) is 59.5. The predicted molar refractivity (Wildman–Crippen MR) is 272 cm³/mol. The highest BCUT2D eigenvalue weighted by molar-refractivity contribution is 6.39. The molecular weight excluding hydrogens is 923 g/mol. The first-order valence-corrected chi connectivity index (χ1v) is 27.2. The van der Waals surface area contributed by atoms with Crippen molar-refractivity contribution in [1.82, 2.24) is 4.90 Å². The average Bonchev–Trinajstić information content (AvgIpc) is 3.36. The summed E-state index contributed by atoms with van der Waals surface area (Å²) in [6.07, 6.45) is 15.6. The summed E-state index contributed by atoms with van der Waals surface area (Å²) in [5, 5.41) is 32.8. The maximum atomic E-state index is 14.5. The molecule has 3 N–H and O–H groups in total. The van der Waals surface area contributed by atoms with Crippen LogP contribution in [0.1, 0.15) is 145 Å². The van der Waals surface area contributed by atoms with E-state index in [1.54, 1.807) is 34.0 Å². The van der Waals surface area contributed by atoms with Gasteiger partial charge in [-0.05, 0) is 126 Å². The largest absolute Gasteiger partial charge is 0.460 e. The van der Waals surface area contributed by atoms with Crippen LogP contribution < -0.4 is 0 Å². The monoisotopic (exact) mass is 1010 g/mol. The minimum atomic E-state index is -2.44. The third-order valence-corrected chi connectivity index (χ3v) is 16.2. The molecule has 2 bridgehead atoms. The summed E-state index contributed by atoms with van der Waals surface area (Å²) in [4.78, 5) is 72.3. The van der Waals surface area contributed by atoms with Gasteiger partial charge in [0.2, 0.25) is 5.79 Å². The quantitative estimate of drug-likeness (QED) is 0.111. The number of nitrogens with zero attached hydrogens (tertiary/aromatic N) is 1. The molecule has 4 fully saturated rings. The SMILES string of the molecule is CO[C@@H]1C[C@H](C[C@@H](C)[C@@H]2CC(=O)[C@H](C)/C=C(\C)[C@@H](O)CC(=O)[C@H](C)C[C@H](C)/C=C/C=C/C=C(\C)C(OCC3CCOCC3)C[C@@H]3CC[C@@H](C)[C@@](O)(O3)C(=O)C(=O)N3CCCC[C@H]3C(=O)O2)CC[C@H]1OCCO. The number of methoxy groups -OCH3 is 1. The summed E-state index contributed by atoms with van der Waals surface area (Å²) < 4.78 is 36.5. The molecule has 0 aromatic rings. The Kier molecular flexibility index (Phi) is 24.0. The lowest BCUT2D eigenvalue weighted by atomic mass is 9.78. The number of Topliss-reactive ketones (excluding diaryl/α,β-unsaturated/α-hetero) is 3. The van der Waals surface area contributed by atoms with Gasteiger partial charge in [-0.15, -0.1) is 0 Å². The number of allylic oxidation sites excluding steroid dienone is 6. The number of aliphatic hydroxyl groups is 3. The predicted octanol–water partition coefficient (Wildman–Crippen LogP) is 7.37. The maximum Gasteiger partial charge on any atom is 0.329 e. The Morgan fingerprint density at radius 1 is 0.819 bits per heavy atom. The number of carbonyl (C=O) groups is 5. The van der Waals surface area contributed by atoms with Crippen molar-refractivity contribution < 1.29 is 67.7 Å². The van der Waals surface area contributed by atoms with Crippen molar-refractivity contribution in [2.75, 3.05) is 46.7 Å². The topological polar surface area (TPSA) is 205 Å². The minimum absolute atomic E-state index is 0.0726. The fourth-order valence-electron chi connectivity index (χ4n) is 11.2. The molecule has 0 aromatic heterocycles. The molecule has 15 heteroatoms. The Bertz CT molecular complexity index is 1910. The van der Waals surface area contributed by atoms with Crippen LogP contribution in [0.15, 0.2) is 47.6 Å². The summed E-state index contributed by atoms with van der Waals surface area (Å²) in [6.45, 7) is 15.0. The van der Waals surface area contributed by atoms with Crippen molar-refractivity contribution >= 4 is 29.2 Å². The number of ether oxygens (including phenoxy) is 6. The van der Waals surface area contributed by atoms with E-state index in [9.17, 15) is 39.3 Å². The summed E-state index contributed by atoms with van der Waals surface area (Å²) in [5.41, 5.74) is 1.42. The standard InChI is InChI=1S/C57H89NO14/c1-36-14-10-9-11-15-37(2)51(70-35-43-21-25-68-26-22-43)32-45-19-17-42(7)57(66,72-45)54(63)55(64)58-23-13-12-16-46(58)56(65)71-52(41(6)30-44-18-20-50(69-27-24-59)53(31-44)67-8)34-49(62)40(5)29-39(4)48(61)33-47(60)38(3)28-36/h9-11,14-15,29,36,38,40-46,48,50-53,59,61,66H,12-13,16-28,30-35H2,1-8H3/b11-9+,14-10+,37-15+,39-29+/t36-,38-,40-,41-,42-,44+,45+,46+,48+,50-,51?,52+,53-,57-/m1/s1. The zero-order chi connectivity index (χ0) is 52.5. The molecule has 4 aliphatic heterocycles. The van der Waals surface area contributed by atoms with Crippen LogP contribution in [0.4, 0.5) is 0 Å². The van der Waals surface area contributed by atoms with E-state index in [0.717, 1.165) is 24.8 Å². The molecule has 0 aromatic carbocycles. The van der Waals surface area contributed by atoms with Gasteiger partial charge in [-0.2, -0.15) is 0 Å². The number of hydrogen-bond acceptors (Lipinski definition) is 14. The first-order chi connectivity index (χ1) is 34.3. The van der Waals surface area contributed by atoms with Gasteiger partial charge in [0.25, 0.3) is 11.7 Å². The maximum absolute atomic E-state index is 14.5. The molecule has 0 radical (unpaired) electrons. The lowest BCUT2D eigenvalue weighted by Crippen LogP contribution is -2.61. The number of fused-ring (bicyclic) bond motifs is 3. The first-order valence-electron chi connectivity index (χ1n) is 27.2. The zero-order valence-electron chi connectivity index (χ0n) is 44.7. The van der Waals surface area contributed by atoms with Gasteiger partial charge < -0.3 is 48.6 Å². The second-order valence-electron chi connectivity index (χ2n) is 22.0. The molecule has 1 unspecified atom stereocenters. The van der Waals surface area contributed by atoms with Crippen LogP contribution in [0.5, 0.6) is 0 Å². The van der Waals surface area contributed by atoms with Gasteiger partial charge in [0.1, 0.15) is 23.7 Å². The van der Waals surface area contributed by atoms with E-state index < -0.39 is 65.7 Å². The van der Waals surface area contributed by atoms with Crippen molar-refractivity contribution in [3.8, 4) is 0 Å². The summed E-state index contributed by atoms with van der Waals surface area (Å²) in [7, 11) is 1.64. The van der Waals surface area contributed by atoms with Crippen LogP contribution in [0.2, 0.25) is 0 Å². The molecule has 4 heterocycles. The van der Waals surface area contributed by atoms with Gasteiger partial charge in [0.05, 0.1) is 50.3 Å². The van der Waals surface area contributed by atoms with Gasteiger partial charge in [0.15, 0.2) is 0 Å². The normalized spacial score (nSPS) is 38.2. The van der Waals surface area contributed by atoms with E-state index in [-0.39, 0.29) is 86.5 Å². The van der Waals surface area contributed by atoms with Crippen LogP contribution in [0.25, 0.3) is 0 Å². The van der Waals surface area contributed by atoms with E-state index in [1.807, 2.05) is 58.1 Å². The summed E-state index contributed by atoms with van der Waals surface area (Å²) in [6, 6.07) is -1.14. The lowest BCUT2D eigenvalue weighted by Gasteiger charge is -2.43. The highest BCUT2D eigenvalue weighted by atomic mass is 16.6. The second kappa shape index (κ2) is 29.0. The van der Waals surface area contributed by atoms with E-state index in [4.69, 9.17) is 28.4 Å². The van der Waals surface area contributed by atoms with Crippen molar-refractivity contribution in [1.29, 1.82) is 0 Å². The van der Waals surface area contributed by atoms with Crippen molar-refractivity contribution in [2.24, 2.45) is 41.4 Å². The molecule has 15 nitrogen and oxygen atoms in total. The van der Waals surface area contributed by atoms with Gasteiger partial charge in [-0.25, -0.2) is 4.79 Å². The molecule has 1 amide bonds. The molecule has 1 saturated carbocycles. The molecule has 3 saturated heterocycles. The molecular formula is C57H89NO14. The lowest BCUT2D eigenvalue weighted by molar-refractivity contribution is -0.266. The summed E-state index contributed by atoms with van der Waals surface area (Å²) >= 11 is 0. The minimum Gasteiger partial charge on any atom is -0.460 e. The highest BCUT2D eigenvalue weighted by Gasteiger charge is 2.53. The van der Waals surface area contributed by atoms with E-state index in [2.05, 4.69) is 0 Å². The molecule has 406 valence electrons. The highest BCUT2D eigenvalue weighted by Crippen LogP contribution is 2.38. The van der Waals surface area contributed by atoms with Gasteiger partial charge >= 0.3 is 5.97 Å². The number of amides is 1. The van der Waals surface area contributed by atoms with Crippen LogP contribution in [-0.2, 0) is 52.4 Å². The Labute approximate surface area is 429 Å². The van der Waals surface area contributed by atoms with Crippen molar-refractivity contribution in [3.63, 3.8) is 0 Å². The molecule has 14 atom stereocenters. The third kappa shape index (κ3) is 17.1. The number of aliphatic hydroxyl groups excluding tert-OH is 2. The van der Waals surface area contributed by atoms with E-state index >= 15 is 0 Å². The number of esters is 1. The Balaban J connectivity index is 1.44. The van der Waals surface area contributed by atoms with Crippen LogP contribution in [0.3, 0.4) is 0 Å². The Hall–Kier alpha value is -3.41. The fourth-order valence-corrected chi connectivity index (χ4v) is 11.2. The average molecular weight is 1010 g/mol. The van der Waals surface area contributed by atoms with Crippen LogP contribution >= 0.6 is 0 Å². The Morgan fingerprint density at radius 3 is 2.29 bits per heavy atom. The number of piperidine rings is 1. The number of ketones is 3. The molecule has 1 aliphatic carbocycles. The number of hydrogen-bond donors (Lipinski definition) is 3. The molecule has 5 aliphatic rings. The fraction of sp³-hybridized carbons (Fsp3) is 0.772. The smallest absolute Gasteiger partial charge is 0.329 e. The molecule has 5 rings (SSSR count). The number of carbonyl (C=O) groups excluding carboxylic acids is 5. The molecule has 0 spiro atoms. The summed E-state index contributed by atoms with van der Waals surface area (Å²) in [5.74, 6) is -7.10. The van der Waals surface area contributed by atoms with Gasteiger partial charge in [-0.3, -0.25) is 19.2 Å². The number of cyclic esters (lactones) is 1. The van der Waals surface area contributed by atoms with Crippen LogP contribution in [0, 0.1) is 41.4 Å². The van der Waals surface area contributed by atoms with E-state index in [0.29, 0.717) is 89.1 Å². The Morgan fingerprint density at radius 2 is 1.57 bits per heavy atom. The van der Waals surface area contributed by atoms with Gasteiger partial charge in [-0.1, -0.05) is 71.1 Å². The third-order valence-electron chi connectivity index (χ3n) is 16.2.